The van der Waals surface area contributed by atoms with Crippen LogP contribution in [-0.2, 0) is 15.5 Å². The number of benzene rings is 1. The van der Waals surface area contributed by atoms with E-state index in [4.69, 9.17) is 4.52 Å². The normalized spacial score (nSPS) is 12.9. The molecule has 0 aromatic heterocycles. The van der Waals surface area contributed by atoms with Crippen LogP contribution in [-0.4, -0.2) is 6.10 Å². The highest BCUT2D eigenvalue weighted by atomic mass is 31.1. The van der Waals surface area contributed by atoms with Gasteiger partial charge in [-0.3, -0.25) is 4.52 Å². The molecule has 15 heavy (non-hydrogen) atoms. The van der Waals surface area contributed by atoms with E-state index in [1.807, 2.05) is 13.0 Å². The van der Waals surface area contributed by atoms with Gasteiger partial charge < -0.3 is 0 Å². The molecule has 0 bridgehead atoms. The summed E-state index contributed by atoms with van der Waals surface area (Å²) in [6.07, 6.45) is 4.46. The van der Waals surface area contributed by atoms with Crippen molar-refractivity contribution < 1.29 is 9.09 Å². The molecular weight excluding hydrogens is 207 g/mol. The van der Waals surface area contributed by atoms with Crippen LogP contribution in [0.1, 0.15) is 31.7 Å². The molecule has 1 unspecified atom stereocenters. The molecule has 1 aromatic carbocycles. The minimum absolute atomic E-state index is 0.0972. The van der Waals surface area contributed by atoms with Crippen molar-refractivity contribution in [1.29, 1.82) is 0 Å². The molecular formula is C12H17O2P. The molecule has 0 amide bonds. The Labute approximate surface area is 92.9 Å². The van der Waals surface area contributed by atoms with Gasteiger partial charge in [-0.2, -0.15) is 0 Å². The Balaban J connectivity index is 2.09. The van der Waals surface area contributed by atoms with E-state index < -0.39 is 0 Å². The lowest BCUT2D eigenvalue weighted by atomic mass is 10.1. The molecule has 0 radical (unpaired) electrons. The fourth-order valence-corrected chi connectivity index (χ4v) is 1.78. The van der Waals surface area contributed by atoms with Crippen molar-refractivity contribution in [2.24, 2.45) is 0 Å². The van der Waals surface area contributed by atoms with Crippen LogP contribution in [0.5, 0.6) is 0 Å². The van der Waals surface area contributed by atoms with Crippen LogP contribution in [0.15, 0.2) is 30.3 Å². The first-order valence-corrected chi connectivity index (χ1v) is 6.08. The van der Waals surface area contributed by atoms with Crippen molar-refractivity contribution in [3.8, 4) is 0 Å². The average molecular weight is 224 g/mol. The van der Waals surface area contributed by atoms with E-state index >= 15 is 0 Å². The lowest BCUT2D eigenvalue weighted by Gasteiger charge is -2.06. The maximum absolute atomic E-state index is 10.1. The molecule has 0 heterocycles. The SMILES string of the molecule is CC(CCCCc1ccccc1)OP=O. The van der Waals surface area contributed by atoms with Gasteiger partial charge in [0.25, 0.3) is 0 Å². The molecule has 1 rings (SSSR count). The molecule has 0 saturated heterocycles. The van der Waals surface area contributed by atoms with E-state index in [0.717, 1.165) is 25.7 Å². The molecule has 0 aliphatic rings. The zero-order chi connectivity index (χ0) is 10.9. The second kappa shape index (κ2) is 7.56. The van der Waals surface area contributed by atoms with Gasteiger partial charge in [0.1, 0.15) is 0 Å². The van der Waals surface area contributed by atoms with Gasteiger partial charge in [-0.1, -0.05) is 36.8 Å². The van der Waals surface area contributed by atoms with Crippen LogP contribution < -0.4 is 0 Å². The van der Waals surface area contributed by atoms with Crippen LogP contribution >= 0.6 is 8.69 Å². The second-order valence-electron chi connectivity index (χ2n) is 3.72. The Morgan fingerprint density at radius 3 is 2.67 bits per heavy atom. The third-order valence-electron chi connectivity index (χ3n) is 2.39. The first-order chi connectivity index (χ1) is 7.33. The van der Waals surface area contributed by atoms with E-state index in [-0.39, 0.29) is 14.8 Å². The summed E-state index contributed by atoms with van der Waals surface area (Å²) in [5, 5.41) is 0. The molecule has 0 aliphatic carbocycles. The predicted molar refractivity (Wildman–Crippen MR) is 62.2 cm³/mol. The third kappa shape index (κ3) is 5.66. The number of hydrogen-bond acceptors (Lipinski definition) is 2. The highest BCUT2D eigenvalue weighted by Gasteiger charge is 2.01. The maximum atomic E-state index is 10.1. The van der Waals surface area contributed by atoms with Gasteiger partial charge in [0, 0.05) is 0 Å². The quantitative estimate of drug-likeness (QED) is 0.516. The molecule has 0 saturated carbocycles. The number of rotatable bonds is 7. The number of unbranched alkanes of at least 4 members (excludes halogenated alkanes) is 1. The summed E-state index contributed by atoms with van der Waals surface area (Å²) in [6, 6.07) is 10.5. The Morgan fingerprint density at radius 1 is 1.27 bits per heavy atom. The van der Waals surface area contributed by atoms with Crippen molar-refractivity contribution >= 4 is 8.69 Å². The molecule has 3 heteroatoms. The number of hydrogen-bond donors (Lipinski definition) is 0. The van der Waals surface area contributed by atoms with Gasteiger partial charge in [0.05, 0.1) is 6.10 Å². The van der Waals surface area contributed by atoms with Crippen LogP contribution in [0.2, 0.25) is 0 Å². The van der Waals surface area contributed by atoms with Gasteiger partial charge in [0.2, 0.25) is 0 Å². The third-order valence-corrected chi connectivity index (χ3v) is 2.84. The predicted octanol–water partition coefficient (Wildman–Crippen LogP) is 4.01. The Hall–Kier alpha value is -0.720. The summed E-state index contributed by atoms with van der Waals surface area (Å²) in [4.78, 5) is 0. The van der Waals surface area contributed by atoms with Crippen LogP contribution in [0.3, 0.4) is 0 Å². The fourth-order valence-electron chi connectivity index (χ4n) is 1.53. The van der Waals surface area contributed by atoms with Crippen molar-refractivity contribution in [1.82, 2.24) is 0 Å². The average Bonchev–Trinajstić information content (AvgIpc) is 2.26. The van der Waals surface area contributed by atoms with Gasteiger partial charge >= 0.3 is 8.69 Å². The van der Waals surface area contributed by atoms with E-state index in [1.165, 1.54) is 5.56 Å². The molecule has 2 nitrogen and oxygen atoms in total. The summed E-state index contributed by atoms with van der Waals surface area (Å²) in [7, 11) is -0.206. The van der Waals surface area contributed by atoms with E-state index in [0.29, 0.717) is 0 Å². The molecule has 82 valence electrons. The van der Waals surface area contributed by atoms with Gasteiger partial charge in [0.15, 0.2) is 0 Å². The first-order valence-electron chi connectivity index (χ1n) is 5.35. The lowest BCUT2D eigenvalue weighted by Crippen LogP contribution is -2.01. The van der Waals surface area contributed by atoms with Crippen LogP contribution in [0.4, 0.5) is 0 Å². The molecule has 0 N–H and O–H groups in total. The first kappa shape index (κ1) is 12.4. The van der Waals surface area contributed by atoms with E-state index in [9.17, 15) is 4.57 Å². The summed E-state index contributed by atoms with van der Waals surface area (Å²) < 4.78 is 15.1. The summed E-state index contributed by atoms with van der Waals surface area (Å²) in [6.45, 7) is 1.95. The molecule has 0 aliphatic heterocycles. The van der Waals surface area contributed by atoms with Crippen LogP contribution in [0.25, 0.3) is 0 Å². The largest absolute Gasteiger partial charge is 0.327 e. The van der Waals surface area contributed by atoms with Crippen molar-refractivity contribution in [3.63, 3.8) is 0 Å². The van der Waals surface area contributed by atoms with E-state index in [1.54, 1.807) is 0 Å². The maximum Gasteiger partial charge on any atom is 0.327 e. The van der Waals surface area contributed by atoms with Crippen molar-refractivity contribution in [2.45, 2.75) is 38.7 Å². The van der Waals surface area contributed by atoms with Gasteiger partial charge in [-0.05, 0) is 31.7 Å². The fraction of sp³-hybridized carbons (Fsp3) is 0.500. The highest BCUT2D eigenvalue weighted by Crippen LogP contribution is 2.12. The highest BCUT2D eigenvalue weighted by molar-refractivity contribution is 7.17. The topological polar surface area (TPSA) is 26.3 Å². The summed E-state index contributed by atoms with van der Waals surface area (Å²) in [5.74, 6) is 0. The second-order valence-corrected chi connectivity index (χ2v) is 4.08. The standard InChI is InChI=1S/C12H17O2P/c1-11(14-15-13)7-5-6-10-12-8-3-2-4-9-12/h2-4,8-9,11H,5-7,10H2,1H3. The Morgan fingerprint density at radius 2 is 2.00 bits per heavy atom. The molecule has 1 aromatic rings. The molecule has 0 fully saturated rings. The molecule has 0 spiro atoms. The number of aryl methyl sites for hydroxylation is 1. The molecule has 1 atom stereocenters. The lowest BCUT2D eigenvalue weighted by molar-refractivity contribution is 0.228. The van der Waals surface area contributed by atoms with Gasteiger partial charge in [-0.25, -0.2) is 4.57 Å². The van der Waals surface area contributed by atoms with Crippen molar-refractivity contribution in [2.75, 3.05) is 0 Å². The van der Waals surface area contributed by atoms with E-state index in [2.05, 4.69) is 24.3 Å². The minimum Gasteiger partial charge on any atom is -0.291 e. The Kier molecular flexibility index (Phi) is 6.22. The Bertz CT molecular complexity index is 274. The smallest absolute Gasteiger partial charge is 0.291 e. The van der Waals surface area contributed by atoms with Gasteiger partial charge in [-0.15, -0.1) is 0 Å². The monoisotopic (exact) mass is 224 g/mol. The summed E-state index contributed by atoms with van der Waals surface area (Å²) in [5.41, 5.74) is 1.38. The zero-order valence-electron chi connectivity index (χ0n) is 9.06. The summed E-state index contributed by atoms with van der Waals surface area (Å²) >= 11 is 0. The minimum atomic E-state index is -0.206. The van der Waals surface area contributed by atoms with Crippen LogP contribution in [0, 0.1) is 0 Å². The zero-order valence-corrected chi connectivity index (χ0v) is 9.95. The van der Waals surface area contributed by atoms with Crippen molar-refractivity contribution in [3.05, 3.63) is 35.9 Å².